The molecule has 8 heteroatoms. The first kappa shape index (κ1) is 17.0. The van der Waals surface area contributed by atoms with Crippen molar-refractivity contribution in [2.45, 2.75) is 43.4 Å². The fraction of sp³-hybridized carbons (Fsp3) is 0.500. The SMILES string of the molecule is CC(C)(C)c1noc(C2CCN(S(=O)(=O)c3cccc(F)c3)C2)n1. The molecule has 0 aliphatic carbocycles. The summed E-state index contributed by atoms with van der Waals surface area (Å²) in [5, 5.41) is 3.99. The van der Waals surface area contributed by atoms with Crippen LogP contribution in [0.4, 0.5) is 4.39 Å². The summed E-state index contributed by atoms with van der Waals surface area (Å²) in [5.41, 5.74) is -0.228. The molecule has 1 aliphatic heterocycles. The highest BCUT2D eigenvalue weighted by atomic mass is 32.2. The van der Waals surface area contributed by atoms with Gasteiger partial charge in [0.2, 0.25) is 15.9 Å². The van der Waals surface area contributed by atoms with Crippen molar-refractivity contribution >= 4 is 10.0 Å². The van der Waals surface area contributed by atoms with Gasteiger partial charge in [0.15, 0.2) is 5.82 Å². The quantitative estimate of drug-likeness (QED) is 0.848. The van der Waals surface area contributed by atoms with Gasteiger partial charge < -0.3 is 4.52 Å². The van der Waals surface area contributed by atoms with E-state index in [4.69, 9.17) is 4.52 Å². The molecule has 2 heterocycles. The van der Waals surface area contributed by atoms with Crippen LogP contribution in [0, 0.1) is 5.82 Å². The summed E-state index contributed by atoms with van der Waals surface area (Å²) in [6, 6.07) is 5.05. The van der Waals surface area contributed by atoms with Gasteiger partial charge in [-0.25, -0.2) is 12.8 Å². The van der Waals surface area contributed by atoms with Crippen LogP contribution in [0.5, 0.6) is 0 Å². The van der Waals surface area contributed by atoms with Crippen LogP contribution in [-0.2, 0) is 15.4 Å². The van der Waals surface area contributed by atoms with Crippen LogP contribution in [0.3, 0.4) is 0 Å². The molecular formula is C16H20FN3O3S. The molecule has 1 saturated heterocycles. The molecule has 1 unspecified atom stereocenters. The molecular weight excluding hydrogens is 333 g/mol. The predicted octanol–water partition coefficient (Wildman–Crippen LogP) is 2.68. The Labute approximate surface area is 140 Å². The van der Waals surface area contributed by atoms with Gasteiger partial charge in [0.25, 0.3) is 0 Å². The molecule has 1 aromatic heterocycles. The van der Waals surface area contributed by atoms with E-state index in [0.717, 1.165) is 6.07 Å². The zero-order chi connectivity index (χ0) is 17.5. The monoisotopic (exact) mass is 353 g/mol. The first-order valence-electron chi connectivity index (χ1n) is 7.78. The topological polar surface area (TPSA) is 76.3 Å². The molecule has 0 bridgehead atoms. The lowest BCUT2D eigenvalue weighted by Crippen LogP contribution is -2.28. The maximum absolute atomic E-state index is 13.3. The molecule has 1 atom stereocenters. The van der Waals surface area contributed by atoms with Gasteiger partial charge in [-0.2, -0.15) is 9.29 Å². The predicted molar refractivity (Wildman–Crippen MR) is 85.5 cm³/mol. The first-order valence-corrected chi connectivity index (χ1v) is 9.22. The number of sulfonamides is 1. The summed E-state index contributed by atoms with van der Waals surface area (Å²) in [6.45, 7) is 6.55. The molecule has 1 aromatic carbocycles. The average molecular weight is 353 g/mol. The van der Waals surface area contributed by atoms with E-state index < -0.39 is 15.8 Å². The minimum Gasteiger partial charge on any atom is -0.339 e. The second-order valence-corrected chi connectivity index (χ2v) is 8.95. The van der Waals surface area contributed by atoms with Crippen molar-refractivity contribution in [3.63, 3.8) is 0 Å². The first-order chi connectivity index (χ1) is 11.2. The minimum atomic E-state index is -3.72. The van der Waals surface area contributed by atoms with E-state index in [-0.39, 0.29) is 22.8 Å². The van der Waals surface area contributed by atoms with Crippen molar-refractivity contribution in [1.29, 1.82) is 0 Å². The summed E-state index contributed by atoms with van der Waals surface area (Å²) < 4.78 is 45.2. The van der Waals surface area contributed by atoms with Crippen molar-refractivity contribution in [3.8, 4) is 0 Å². The van der Waals surface area contributed by atoms with Gasteiger partial charge >= 0.3 is 0 Å². The highest BCUT2D eigenvalue weighted by molar-refractivity contribution is 7.89. The number of benzene rings is 1. The number of aromatic nitrogens is 2. The van der Waals surface area contributed by atoms with Gasteiger partial charge in [0, 0.05) is 18.5 Å². The van der Waals surface area contributed by atoms with Crippen LogP contribution in [0.25, 0.3) is 0 Å². The third kappa shape index (κ3) is 3.21. The fourth-order valence-corrected chi connectivity index (χ4v) is 4.16. The lowest BCUT2D eigenvalue weighted by molar-refractivity contribution is 0.343. The van der Waals surface area contributed by atoms with Gasteiger partial charge in [0.1, 0.15) is 5.82 Å². The number of hydrogen-bond acceptors (Lipinski definition) is 5. The molecule has 0 saturated carbocycles. The lowest BCUT2D eigenvalue weighted by Gasteiger charge is -2.16. The zero-order valence-electron chi connectivity index (χ0n) is 13.9. The summed E-state index contributed by atoms with van der Waals surface area (Å²) >= 11 is 0. The molecule has 6 nitrogen and oxygen atoms in total. The molecule has 0 radical (unpaired) electrons. The minimum absolute atomic E-state index is 0.0379. The van der Waals surface area contributed by atoms with E-state index >= 15 is 0 Å². The van der Waals surface area contributed by atoms with Gasteiger partial charge in [0.05, 0.1) is 10.8 Å². The van der Waals surface area contributed by atoms with Crippen LogP contribution < -0.4 is 0 Å². The number of nitrogens with zero attached hydrogens (tertiary/aromatic N) is 3. The fourth-order valence-electron chi connectivity index (χ4n) is 2.63. The van der Waals surface area contributed by atoms with E-state index in [2.05, 4.69) is 10.1 Å². The van der Waals surface area contributed by atoms with Crippen molar-refractivity contribution in [2.75, 3.05) is 13.1 Å². The van der Waals surface area contributed by atoms with Gasteiger partial charge in [-0.3, -0.25) is 0 Å². The lowest BCUT2D eigenvalue weighted by atomic mass is 9.96. The van der Waals surface area contributed by atoms with E-state index in [9.17, 15) is 12.8 Å². The Morgan fingerprint density at radius 3 is 2.71 bits per heavy atom. The second-order valence-electron chi connectivity index (χ2n) is 7.01. The normalized spacial score (nSPS) is 19.8. The molecule has 130 valence electrons. The molecule has 0 amide bonds. The smallest absolute Gasteiger partial charge is 0.243 e. The van der Waals surface area contributed by atoms with Crippen molar-refractivity contribution < 1.29 is 17.3 Å². The van der Waals surface area contributed by atoms with Crippen molar-refractivity contribution in [3.05, 3.63) is 41.8 Å². The molecule has 1 fully saturated rings. The Kier molecular flexibility index (Phi) is 4.21. The highest BCUT2D eigenvalue weighted by Gasteiger charge is 2.36. The third-order valence-electron chi connectivity index (χ3n) is 4.05. The summed E-state index contributed by atoms with van der Waals surface area (Å²) in [6.07, 6.45) is 0.598. The van der Waals surface area contributed by atoms with Crippen LogP contribution in [-0.4, -0.2) is 36.0 Å². The van der Waals surface area contributed by atoms with Crippen LogP contribution in [0.2, 0.25) is 0 Å². The Hall–Kier alpha value is -1.80. The maximum atomic E-state index is 13.3. The zero-order valence-corrected chi connectivity index (χ0v) is 14.7. The Morgan fingerprint density at radius 1 is 1.33 bits per heavy atom. The molecule has 2 aromatic rings. The van der Waals surface area contributed by atoms with Crippen molar-refractivity contribution in [2.24, 2.45) is 0 Å². The van der Waals surface area contributed by atoms with E-state index in [1.807, 2.05) is 20.8 Å². The summed E-state index contributed by atoms with van der Waals surface area (Å²) in [5.74, 6) is 0.344. The maximum Gasteiger partial charge on any atom is 0.243 e. The van der Waals surface area contributed by atoms with Crippen LogP contribution >= 0.6 is 0 Å². The van der Waals surface area contributed by atoms with E-state index in [0.29, 0.717) is 24.7 Å². The average Bonchev–Trinajstić information content (AvgIpc) is 3.16. The number of rotatable bonds is 3. The Balaban J connectivity index is 1.79. The van der Waals surface area contributed by atoms with Gasteiger partial charge in [-0.1, -0.05) is 32.0 Å². The molecule has 0 N–H and O–H groups in total. The number of hydrogen-bond donors (Lipinski definition) is 0. The van der Waals surface area contributed by atoms with Crippen LogP contribution in [0.1, 0.15) is 44.8 Å². The van der Waals surface area contributed by atoms with E-state index in [1.165, 1.54) is 22.5 Å². The number of halogens is 1. The van der Waals surface area contributed by atoms with Gasteiger partial charge in [-0.15, -0.1) is 0 Å². The highest BCUT2D eigenvalue weighted by Crippen LogP contribution is 2.31. The molecule has 0 spiro atoms. The second kappa shape index (κ2) is 5.93. The Bertz CT molecular complexity index is 842. The molecule has 1 aliphatic rings. The largest absolute Gasteiger partial charge is 0.339 e. The molecule has 3 rings (SSSR count). The van der Waals surface area contributed by atoms with Crippen LogP contribution in [0.15, 0.2) is 33.7 Å². The van der Waals surface area contributed by atoms with Crippen molar-refractivity contribution in [1.82, 2.24) is 14.4 Å². The van der Waals surface area contributed by atoms with Gasteiger partial charge in [-0.05, 0) is 24.6 Å². The summed E-state index contributed by atoms with van der Waals surface area (Å²) in [4.78, 5) is 4.37. The standard InChI is InChI=1S/C16H20FN3O3S/c1-16(2,3)15-18-14(23-19-15)11-7-8-20(10-11)24(21,22)13-6-4-5-12(17)9-13/h4-6,9,11H,7-8,10H2,1-3H3. The molecule has 24 heavy (non-hydrogen) atoms. The summed E-state index contributed by atoms with van der Waals surface area (Å²) in [7, 11) is -3.72. The third-order valence-corrected chi connectivity index (χ3v) is 5.91. The Morgan fingerprint density at radius 2 is 2.08 bits per heavy atom. The van der Waals surface area contributed by atoms with E-state index in [1.54, 1.807) is 0 Å².